The molecule has 4 aliphatic carbocycles. The second-order valence-electron chi connectivity index (χ2n) is 9.75. The highest BCUT2D eigenvalue weighted by molar-refractivity contribution is 5.81. The van der Waals surface area contributed by atoms with Crippen molar-refractivity contribution in [3.8, 4) is 22.9 Å². The summed E-state index contributed by atoms with van der Waals surface area (Å²) in [5.74, 6) is 4.62. The topological polar surface area (TPSA) is 84.4 Å². The number of hydrogen-bond acceptors (Lipinski definition) is 4. The number of carboxylic acid groups (broad SMARTS) is 1. The number of nitrogens with one attached hydrogen (secondary N) is 1. The number of hydrogen-bond donors (Lipinski definition) is 2. The molecule has 0 aliphatic heterocycles. The Morgan fingerprint density at radius 1 is 1.06 bits per heavy atom. The van der Waals surface area contributed by atoms with Crippen molar-refractivity contribution < 1.29 is 19.4 Å². The van der Waals surface area contributed by atoms with Crippen LogP contribution in [0.15, 0.2) is 36.4 Å². The van der Waals surface area contributed by atoms with Gasteiger partial charge in [-0.15, -0.1) is 0 Å². The molecule has 7 rings (SSSR count). The SMILES string of the molecule is COc1ccc(-c2nc3ccc(OC(=O)O)cc3[nH]2)cc1C12CC3CC(CC(C3)C1)C2. The molecule has 4 fully saturated rings. The predicted molar refractivity (Wildman–Crippen MR) is 117 cm³/mol. The highest BCUT2D eigenvalue weighted by atomic mass is 16.7. The third-order valence-electron chi connectivity index (χ3n) is 7.74. The summed E-state index contributed by atoms with van der Waals surface area (Å²) >= 11 is 0. The molecule has 4 saturated carbocycles. The Kier molecular flexibility index (Phi) is 4.07. The fourth-order valence-electron chi connectivity index (χ4n) is 7.00. The van der Waals surface area contributed by atoms with Crippen LogP contribution < -0.4 is 9.47 Å². The van der Waals surface area contributed by atoms with Crippen molar-refractivity contribution in [2.45, 2.75) is 43.9 Å². The fourth-order valence-corrected chi connectivity index (χ4v) is 7.00. The van der Waals surface area contributed by atoms with Crippen LogP contribution in [0.25, 0.3) is 22.4 Å². The molecule has 2 aromatic carbocycles. The van der Waals surface area contributed by atoms with Crippen molar-refractivity contribution in [2.75, 3.05) is 7.11 Å². The second kappa shape index (κ2) is 6.74. The normalized spacial score (nSPS) is 28.7. The number of ether oxygens (including phenoxy) is 2. The third-order valence-corrected chi connectivity index (χ3v) is 7.74. The number of fused-ring (bicyclic) bond motifs is 1. The van der Waals surface area contributed by atoms with E-state index < -0.39 is 6.16 Å². The van der Waals surface area contributed by atoms with E-state index in [0.29, 0.717) is 0 Å². The fraction of sp³-hybridized carbons (Fsp3) is 0.440. The van der Waals surface area contributed by atoms with Gasteiger partial charge in [-0.3, -0.25) is 0 Å². The minimum atomic E-state index is -1.32. The van der Waals surface area contributed by atoms with Crippen LogP contribution in [-0.2, 0) is 5.41 Å². The van der Waals surface area contributed by atoms with Crippen LogP contribution in [0.3, 0.4) is 0 Å². The molecular weight excluding hydrogens is 392 g/mol. The summed E-state index contributed by atoms with van der Waals surface area (Å²) in [6.07, 6.45) is 6.72. The molecule has 4 bridgehead atoms. The number of aromatic nitrogens is 2. The maximum atomic E-state index is 10.8. The third kappa shape index (κ3) is 3.08. The summed E-state index contributed by atoms with van der Waals surface area (Å²) in [6, 6.07) is 11.5. The van der Waals surface area contributed by atoms with Gasteiger partial charge in [0, 0.05) is 17.2 Å². The largest absolute Gasteiger partial charge is 0.511 e. The number of nitrogens with zero attached hydrogens (tertiary/aromatic N) is 1. The van der Waals surface area contributed by atoms with Gasteiger partial charge in [0.25, 0.3) is 0 Å². The van der Waals surface area contributed by atoms with Gasteiger partial charge in [0.15, 0.2) is 0 Å². The first kappa shape index (κ1) is 18.7. The van der Waals surface area contributed by atoms with Crippen LogP contribution in [-0.4, -0.2) is 28.3 Å². The van der Waals surface area contributed by atoms with Crippen LogP contribution in [0.4, 0.5) is 4.79 Å². The molecule has 1 heterocycles. The molecule has 0 amide bonds. The van der Waals surface area contributed by atoms with Crippen molar-refractivity contribution in [3.63, 3.8) is 0 Å². The Hall–Kier alpha value is -3.02. The lowest BCUT2D eigenvalue weighted by Crippen LogP contribution is -2.48. The lowest BCUT2D eigenvalue weighted by Gasteiger charge is -2.57. The number of rotatable bonds is 4. The minimum Gasteiger partial charge on any atom is -0.496 e. The van der Waals surface area contributed by atoms with E-state index in [9.17, 15) is 4.79 Å². The Morgan fingerprint density at radius 2 is 1.77 bits per heavy atom. The molecule has 1 aromatic heterocycles. The van der Waals surface area contributed by atoms with Gasteiger partial charge in [0.2, 0.25) is 0 Å². The maximum Gasteiger partial charge on any atom is 0.511 e. The standard InChI is InChI=1S/C25H26N2O4/c1-30-22-5-2-17(23-26-20-4-3-18(31-24(28)29)10-21(20)27-23)9-19(22)25-11-14-6-15(12-25)8-16(7-14)13-25/h2-5,9-10,14-16H,6-8,11-13H2,1H3,(H,26,27)(H,28,29). The molecule has 4 aliphatic rings. The number of methoxy groups -OCH3 is 1. The van der Waals surface area contributed by atoms with E-state index in [4.69, 9.17) is 19.6 Å². The molecule has 6 nitrogen and oxygen atoms in total. The first-order chi connectivity index (χ1) is 15.0. The Labute approximate surface area is 180 Å². The van der Waals surface area contributed by atoms with Gasteiger partial charge >= 0.3 is 6.16 Å². The van der Waals surface area contributed by atoms with E-state index in [-0.39, 0.29) is 11.2 Å². The number of benzene rings is 2. The Bertz CT molecular complexity index is 1150. The number of carbonyl (C=O) groups is 1. The van der Waals surface area contributed by atoms with E-state index >= 15 is 0 Å². The van der Waals surface area contributed by atoms with Gasteiger partial charge in [-0.05, 0) is 92.0 Å². The zero-order valence-corrected chi connectivity index (χ0v) is 17.6. The van der Waals surface area contributed by atoms with E-state index in [1.165, 1.54) is 44.1 Å². The average Bonchev–Trinajstić information content (AvgIpc) is 3.15. The number of imidazole rings is 1. The molecule has 2 N–H and O–H groups in total. The number of H-pyrrole nitrogens is 1. The molecule has 31 heavy (non-hydrogen) atoms. The van der Waals surface area contributed by atoms with E-state index in [1.807, 2.05) is 0 Å². The van der Waals surface area contributed by atoms with Gasteiger partial charge in [-0.1, -0.05) is 0 Å². The molecule has 0 atom stereocenters. The van der Waals surface area contributed by atoms with Crippen molar-refractivity contribution in [3.05, 3.63) is 42.0 Å². The predicted octanol–water partition coefficient (Wildman–Crippen LogP) is 5.76. The Balaban J connectivity index is 1.41. The molecule has 6 heteroatoms. The van der Waals surface area contributed by atoms with E-state index in [1.54, 1.807) is 25.3 Å². The summed E-state index contributed by atoms with van der Waals surface area (Å²) in [7, 11) is 1.77. The van der Waals surface area contributed by atoms with Crippen molar-refractivity contribution in [1.29, 1.82) is 0 Å². The molecular formula is C25H26N2O4. The molecule has 3 aromatic rings. The molecule has 0 unspecified atom stereocenters. The van der Waals surface area contributed by atoms with Crippen LogP contribution in [0.2, 0.25) is 0 Å². The van der Waals surface area contributed by atoms with Crippen LogP contribution >= 0.6 is 0 Å². The number of aromatic amines is 1. The quantitative estimate of drug-likeness (QED) is 0.415. The van der Waals surface area contributed by atoms with E-state index in [0.717, 1.165) is 45.9 Å². The maximum absolute atomic E-state index is 10.8. The summed E-state index contributed by atoms with van der Waals surface area (Å²) in [6.45, 7) is 0. The van der Waals surface area contributed by atoms with Gasteiger partial charge in [-0.2, -0.15) is 0 Å². The summed E-state index contributed by atoms with van der Waals surface area (Å²) < 4.78 is 10.6. The summed E-state index contributed by atoms with van der Waals surface area (Å²) in [4.78, 5) is 18.9. The first-order valence-electron chi connectivity index (χ1n) is 11.1. The summed E-state index contributed by atoms with van der Waals surface area (Å²) in [5, 5.41) is 8.86. The van der Waals surface area contributed by atoms with Crippen LogP contribution in [0.5, 0.6) is 11.5 Å². The molecule has 0 saturated heterocycles. The smallest absolute Gasteiger partial charge is 0.496 e. The molecule has 0 spiro atoms. The van der Waals surface area contributed by atoms with E-state index in [2.05, 4.69) is 23.2 Å². The first-order valence-corrected chi connectivity index (χ1v) is 11.1. The monoisotopic (exact) mass is 418 g/mol. The van der Waals surface area contributed by atoms with Gasteiger partial charge in [0.1, 0.15) is 17.3 Å². The van der Waals surface area contributed by atoms with Crippen molar-refractivity contribution in [2.24, 2.45) is 17.8 Å². The highest BCUT2D eigenvalue weighted by Gasteiger charge is 2.52. The molecule has 160 valence electrons. The van der Waals surface area contributed by atoms with Gasteiger partial charge < -0.3 is 19.6 Å². The van der Waals surface area contributed by atoms with Crippen molar-refractivity contribution >= 4 is 17.2 Å². The zero-order chi connectivity index (χ0) is 21.2. The average molecular weight is 418 g/mol. The van der Waals surface area contributed by atoms with Crippen LogP contribution in [0, 0.1) is 17.8 Å². The second-order valence-corrected chi connectivity index (χ2v) is 9.75. The van der Waals surface area contributed by atoms with Gasteiger partial charge in [-0.25, -0.2) is 9.78 Å². The lowest BCUT2D eigenvalue weighted by molar-refractivity contribution is -0.00613. The molecule has 0 radical (unpaired) electrons. The highest BCUT2D eigenvalue weighted by Crippen LogP contribution is 2.62. The van der Waals surface area contributed by atoms with Crippen LogP contribution in [0.1, 0.15) is 44.1 Å². The van der Waals surface area contributed by atoms with Gasteiger partial charge in [0.05, 0.1) is 18.1 Å². The lowest BCUT2D eigenvalue weighted by atomic mass is 9.48. The Morgan fingerprint density at radius 3 is 2.42 bits per heavy atom. The minimum absolute atomic E-state index is 0.227. The van der Waals surface area contributed by atoms with Crippen molar-refractivity contribution in [1.82, 2.24) is 9.97 Å². The zero-order valence-electron chi connectivity index (χ0n) is 17.6. The summed E-state index contributed by atoms with van der Waals surface area (Å²) in [5.41, 5.74) is 4.12.